The van der Waals surface area contributed by atoms with Gasteiger partial charge in [0.1, 0.15) is 30.4 Å². The molecular weight excluding hydrogens is 246 g/mol. The Balaban J connectivity index is 1.83. The lowest BCUT2D eigenvalue weighted by Gasteiger charge is -2.09. The maximum absolute atomic E-state index is 8.79. The van der Waals surface area contributed by atoms with Crippen LogP contribution in [0.25, 0.3) is 0 Å². The van der Waals surface area contributed by atoms with E-state index in [1.807, 2.05) is 12.1 Å². The molecule has 0 radical (unpaired) electrons. The monoisotopic (exact) mass is 265 g/mol. The van der Waals surface area contributed by atoms with Crippen molar-refractivity contribution in [1.82, 2.24) is 0 Å². The van der Waals surface area contributed by atoms with E-state index in [2.05, 4.69) is 19.0 Å². The van der Waals surface area contributed by atoms with Crippen LogP contribution in [0.2, 0.25) is 0 Å². The molecule has 5 heteroatoms. The fraction of sp³-hybridized carbons (Fsp3) is 0.500. The highest BCUT2D eigenvalue weighted by molar-refractivity contribution is 6.05. The number of fused-ring (bicyclic) bond motifs is 1. The Kier molecular flexibility index (Phi) is 4.63. The van der Waals surface area contributed by atoms with Crippen LogP contribution in [0.15, 0.2) is 23.4 Å². The molecule has 19 heavy (non-hydrogen) atoms. The number of hydrogen-bond acceptors (Lipinski definition) is 5. The minimum absolute atomic E-state index is 0.298. The second-order valence-electron chi connectivity index (χ2n) is 4.81. The summed E-state index contributed by atoms with van der Waals surface area (Å²) < 4.78 is 16.4. The first-order valence-electron chi connectivity index (χ1n) is 6.39. The molecule has 0 aliphatic carbocycles. The molecule has 0 bridgehead atoms. The first-order valence-corrected chi connectivity index (χ1v) is 6.39. The molecule has 0 aromatic heterocycles. The molecule has 0 saturated heterocycles. The summed E-state index contributed by atoms with van der Waals surface area (Å²) in [5.41, 5.74) is 1.35. The predicted molar refractivity (Wildman–Crippen MR) is 71.4 cm³/mol. The van der Waals surface area contributed by atoms with Gasteiger partial charge in [-0.25, -0.2) is 0 Å². The van der Waals surface area contributed by atoms with Crippen LogP contribution in [0.4, 0.5) is 0 Å². The molecule has 5 nitrogen and oxygen atoms in total. The maximum Gasteiger partial charge on any atom is 0.134 e. The first kappa shape index (κ1) is 13.7. The SMILES string of the molecule is CC(C)COCCOc1ccc2c(c1)OC/C2=N\O. The van der Waals surface area contributed by atoms with Gasteiger partial charge in [0.25, 0.3) is 0 Å². The second kappa shape index (κ2) is 6.43. The van der Waals surface area contributed by atoms with Gasteiger partial charge in [-0.05, 0) is 18.1 Å². The molecule has 1 N–H and O–H groups in total. The second-order valence-corrected chi connectivity index (χ2v) is 4.81. The lowest BCUT2D eigenvalue weighted by Crippen LogP contribution is -2.10. The summed E-state index contributed by atoms with van der Waals surface area (Å²) in [4.78, 5) is 0. The van der Waals surface area contributed by atoms with Crippen LogP contribution in [0.3, 0.4) is 0 Å². The van der Waals surface area contributed by atoms with Crippen molar-refractivity contribution >= 4 is 5.71 Å². The van der Waals surface area contributed by atoms with Crippen molar-refractivity contribution in [2.45, 2.75) is 13.8 Å². The summed E-state index contributed by atoms with van der Waals surface area (Å²) in [7, 11) is 0. The number of benzene rings is 1. The van der Waals surface area contributed by atoms with Crippen molar-refractivity contribution in [3.05, 3.63) is 23.8 Å². The first-order chi connectivity index (χ1) is 9.20. The lowest BCUT2D eigenvalue weighted by atomic mass is 10.1. The minimum Gasteiger partial charge on any atom is -0.491 e. The third-order valence-electron chi connectivity index (χ3n) is 2.70. The van der Waals surface area contributed by atoms with Crippen LogP contribution >= 0.6 is 0 Å². The van der Waals surface area contributed by atoms with Crippen molar-refractivity contribution in [2.24, 2.45) is 11.1 Å². The van der Waals surface area contributed by atoms with Gasteiger partial charge < -0.3 is 19.4 Å². The molecule has 1 heterocycles. The van der Waals surface area contributed by atoms with E-state index in [0.717, 1.165) is 17.9 Å². The summed E-state index contributed by atoms with van der Waals surface area (Å²) >= 11 is 0. The Hall–Kier alpha value is -1.75. The fourth-order valence-corrected chi connectivity index (χ4v) is 1.79. The molecule has 2 rings (SSSR count). The van der Waals surface area contributed by atoms with E-state index in [0.29, 0.717) is 37.2 Å². The Morgan fingerprint density at radius 1 is 1.37 bits per heavy atom. The van der Waals surface area contributed by atoms with E-state index < -0.39 is 0 Å². The zero-order valence-corrected chi connectivity index (χ0v) is 11.3. The topological polar surface area (TPSA) is 60.3 Å². The van der Waals surface area contributed by atoms with Crippen LogP contribution < -0.4 is 9.47 Å². The van der Waals surface area contributed by atoms with Gasteiger partial charge >= 0.3 is 0 Å². The van der Waals surface area contributed by atoms with E-state index in [-0.39, 0.29) is 0 Å². The van der Waals surface area contributed by atoms with E-state index >= 15 is 0 Å². The Bertz CT molecular complexity index is 457. The largest absolute Gasteiger partial charge is 0.491 e. The highest BCUT2D eigenvalue weighted by atomic mass is 16.5. The third kappa shape index (κ3) is 3.61. The quantitative estimate of drug-likeness (QED) is 0.487. The van der Waals surface area contributed by atoms with Crippen LogP contribution in [0.5, 0.6) is 11.5 Å². The lowest BCUT2D eigenvalue weighted by molar-refractivity contribution is 0.0818. The van der Waals surface area contributed by atoms with Gasteiger partial charge in [0.2, 0.25) is 0 Å². The zero-order valence-electron chi connectivity index (χ0n) is 11.3. The normalized spacial score (nSPS) is 15.6. The van der Waals surface area contributed by atoms with Gasteiger partial charge in [0.05, 0.1) is 6.61 Å². The molecule has 1 aromatic rings. The molecule has 0 spiro atoms. The van der Waals surface area contributed by atoms with Crippen molar-refractivity contribution in [3.63, 3.8) is 0 Å². The summed E-state index contributed by atoms with van der Waals surface area (Å²) in [5.74, 6) is 1.95. The van der Waals surface area contributed by atoms with Crippen molar-refractivity contribution < 1.29 is 19.4 Å². The molecule has 104 valence electrons. The van der Waals surface area contributed by atoms with Gasteiger partial charge in [-0.3, -0.25) is 0 Å². The van der Waals surface area contributed by atoms with Crippen LogP contribution in [0, 0.1) is 5.92 Å². The van der Waals surface area contributed by atoms with Crippen LogP contribution in [-0.2, 0) is 4.74 Å². The molecule has 1 aromatic carbocycles. The highest BCUT2D eigenvalue weighted by Gasteiger charge is 2.20. The molecule has 0 fully saturated rings. The Labute approximate surface area is 112 Å². The third-order valence-corrected chi connectivity index (χ3v) is 2.70. The van der Waals surface area contributed by atoms with Gasteiger partial charge in [0.15, 0.2) is 0 Å². The average molecular weight is 265 g/mol. The summed E-state index contributed by atoms with van der Waals surface area (Å²) in [6, 6.07) is 5.47. The number of nitrogens with zero attached hydrogens (tertiary/aromatic N) is 1. The summed E-state index contributed by atoms with van der Waals surface area (Å²) in [6.45, 7) is 6.34. The molecule has 1 aliphatic heterocycles. The molecular formula is C14H19NO4. The van der Waals surface area contributed by atoms with E-state index in [1.165, 1.54) is 0 Å². The van der Waals surface area contributed by atoms with E-state index in [9.17, 15) is 0 Å². The minimum atomic E-state index is 0.298. The van der Waals surface area contributed by atoms with Crippen molar-refractivity contribution in [2.75, 3.05) is 26.4 Å². The standard InChI is InChI=1S/C14H19NO4/c1-10(2)8-17-5-6-18-11-3-4-12-13(15-16)9-19-14(12)7-11/h3-4,7,10,16H,5-6,8-9H2,1-2H3/b15-13+. The molecule has 0 atom stereocenters. The summed E-state index contributed by atoms with van der Waals surface area (Å²) in [5, 5.41) is 12.0. The Morgan fingerprint density at radius 3 is 2.95 bits per heavy atom. The van der Waals surface area contributed by atoms with Gasteiger partial charge in [-0.15, -0.1) is 0 Å². The number of oxime groups is 1. The van der Waals surface area contributed by atoms with Gasteiger partial charge in [0, 0.05) is 18.2 Å². The van der Waals surface area contributed by atoms with E-state index in [4.69, 9.17) is 19.4 Å². The maximum atomic E-state index is 8.79. The van der Waals surface area contributed by atoms with Crippen LogP contribution in [0.1, 0.15) is 19.4 Å². The molecule has 0 saturated carbocycles. The highest BCUT2D eigenvalue weighted by Crippen LogP contribution is 2.29. The molecule has 0 amide bonds. The predicted octanol–water partition coefficient (Wildman–Crippen LogP) is 2.31. The van der Waals surface area contributed by atoms with Crippen LogP contribution in [-0.4, -0.2) is 37.3 Å². The molecule has 0 unspecified atom stereocenters. The molecule has 1 aliphatic rings. The number of hydrogen-bond donors (Lipinski definition) is 1. The number of rotatable bonds is 6. The fourth-order valence-electron chi connectivity index (χ4n) is 1.79. The van der Waals surface area contributed by atoms with E-state index in [1.54, 1.807) is 6.07 Å². The average Bonchev–Trinajstić information content (AvgIpc) is 2.80. The van der Waals surface area contributed by atoms with Crippen molar-refractivity contribution in [1.29, 1.82) is 0 Å². The zero-order chi connectivity index (χ0) is 13.7. The summed E-state index contributed by atoms with van der Waals surface area (Å²) in [6.07, 6.45) is 0. The van der Waals surface area contributed by atoms with Gasteiger partial charge in [-0.2, -0.15) is 0 Å². The Morgan fingerprint density at radius 2 is 2.21 bits per heavy atom. The van der Waals surface area contributed by atoms with Crippen molar-refractivity contribution in [3.8, 4) is 11.5 Å². The van der Waals surface area contributed by atoms with Gasteiger partial charge in [-0.1, -0.05) is 19.0 Å². The smallest absolute Gasteiger partial charge is 0.134 e. The number of ether oxygens (including phenoxy) is 3.